The van der Waals surface area contributed by atoms with Crippen LogP contribution in [0.4, 0.5) is 10.6 Å². The number of ether oxygens (including phenoxy) is 2. The van der Waals surface area contributed by atoms with E-state index in [0.717, 1.165) is 11.3 Å². The molecule has 100 valence electrons. The van der Waals surface area contributed by atoms with E-state index < -0.39 is 17.7 Å². The topological polar surface area (TPSA) is 77.5 Å². The van der Waals surface area contributed by atoms with Crippen molar-refractivity contribution in [2.45, 2.75) is 33.3 Å². The Kier molecular flexibility index (Phi) is 4.66. The standard InChI is InChI=1S/C11H16N2O4S/c1-5-16-9(14)8-12-7(6-18-8)13-10(15)17-11(2,3)4/h6H,5H2,1-4H3,(H,13,15). The van der Waals surface area contributed by atoms with E-state index in [9.17, 15) is 9.59 Å². The number of carbonyl (C=O) groups excluding carboxylic acids is 2. The van der Waals surface area contributed by atoms with Crippen LogP contribution in [0.1, 0.15) is 37.5 Å². The fraction of sp³-hybridized carbons (Fsp3) is 0.545. The molecule has 0 aromatic carbocycles. The highest BCUT2D eigenvalue weighted by Crippen LogP contribution is 2.16. The third-order valence-corrected chi connectivity index (χ3v) is 2.41. The van der Waals surface area contributed by atoms with Crippen molar-refractivity contribution < 1.29 is 19.1 Å². The normalized spacial score (nSPS) is 10.9. The Morgan fingerprint density at radius 3 is 2.67 bits per heavy atom. The molecule has 7 heteroatoms. The molecule has 1 amide bonds. The van der Waals surface area contributed by atoms with E-state index in [-0.39, 0.29) is 17.4 Å². The zero-order valence-electron chi connectivity index (χ0n) is 10.8. The van der Waals surface area contributed by atoms with Gasteiger partial charge in [-0.15, -0.1) is 11.3 Å². The van der Waals surface area contributed by atoms with Gasteiger partial charge < -0.3 is 9.47 Å². The molecule has 0 atom stereocenters. The molecular weight excluding hydrogens is 256 g/mol. The molecule has 0 spiro atoms. The average molecular weight is 272 g/mol. The molecular formula is C11H16N2O4S. The van der Waals surface area contributed by atoms with Crippen LogP contribution in [0.2, 0.25) is 0 Å². The third kappa shape index (κ3) is 4.70. The van der Waals surface area contributed by atoms with Crippen LogP contribution in [0.15, 0.2) is 5.38 Å². The number of rotatable bonds is 3. The van der Waals surface area contributed by atoms with Gasteiger partial charge in [0.25, 0.3) is 0 Å². The average Bonchev–Trinajstić information content (AvgIpc) is 2.63. The SMILES string of the molecule is CCOC(=O)c1nc(NC(=O)OC(C)(C)C)cs1. The van der Waals surface area contributed by atoms with Gasteiger partial charge in [0, 0.05) is 5.38 Å². The smallest absolute Gasteiger partial charge is 0.413 e. The van der Waals surface area contributed by atoms with Gasteiger partial charge in [-0.05, 0) is 27.7 Å². The summed E-state index contributed by atoms with van der Waals surface area (Å²) < 4.78 is 9.85. The van der Waals surface area contributed by atoms with E-state index in [1.165, 1.54) is 0 Å². The Labute approximate surface area is 109 Å². The molecule has 0 saturated heterocycles. The molecule has 0 radical (unpaired) electrons. The van der Waals surface area contributed by atoms with Gasteiger partial charge in [0.2, 0.25) is 5.01 Å². The van der Waals surface area contributed by atoms with Crippen molar-refractivity contribution in [3.05, 3.63) is 10.4 Å². The van der Waals surface area contributed by atoms with Gasteiger partial charge in [-0.1, -0.05) is 0 Å². The lowest BCUT2D eigenvalue weighted by molar-refractivity contribution is 0.0524. The first kappa shape index (κ1) is 14.4. The molecule has 1 heterocycles. The van der Waals surface area contributed by atoms with Crippen molar-refractivity contribution in [3.8, 4) is 0 Å². The molecule has 0 fully saturated rings. The number of nitrogens with zero attached hydrogens (tertiary/aromatic N) is 1. The van der Waals surface area contributed by atoms with Crippen LogP contribution in [0.3, 0.4) is 0 Å². The number of aromatic nitrogens is 1. The molecule has 1 rings (SSSR count). The first-order valence-electron chi connectivity index (χ1n) is 5.44. The molecule has 0 aliphatic rings. The first-order valence-corrected chi connectivity index (χ1v) is 6.32. The minimum Gasteiger partial charge on any atom is -0.461 e. The predicted molar refractivity (Wildman–Crippen MR) is 67.9 cm³/mol. The fourth-order valence-corrected chi connectivity index (χ4v) is 1.67. The Morgan fingerprint density at radius 2 is 2.11 bits per heavy atom. The Bertz CT molecular complexity index is 436. The zero-order chi connectivity index (χ0) is 13.8. The van der Waals surface area contributed by atoms with Gasteiger partial charge in [0.05, 0.1) is 6.61 Å². The lowest BCUT2D eigenvalue weighted by Gasteiger charge is -2.19. The lowest BCUT2D eigenvalue weighted by atomic mass is 10.2. The predicted octanol–water partition coefficient (Wildman–Crippen LogP) is 2.67. The van der Waals surface area contributed by atoms with Crippen LogP contribution < -0.4 is 5.32 Å². The van der Waals surface area contributed by atoms with E-state index in [4.69, 9.17) is 9.47 Å². The van der Waals surface area contributed by atoms with Crippen molar-refractivity contribution in [1.82, 2.24) is 4.98 Å². The number of nitrogens with one attached hydrogen (secondary N) is 1. The van der Waals surface area contributed by atoms with Crippen LogP contribution in [-0.4, -0.2) is 29.3 Å². The number of thiazole rings is 1. The fourth-order valence-electron chi connectivity index (χ4n) is 1.03. The van der Waals surface area contributed by atoms with Gasteiger partial charge >= 0.3 is 12.1 Å². The summed E-state index contributed by atoms with van der Waals surface area (Å²) in [5.41, 5.74) is -0.579. The molecule has 0 saturated carbocycles. The maximum absolute atomic E-state index is 11.4. The number of amides is 1. The third-order valence-electron chi connectivity index (χ3n) is 1.58. The quantitative estimate of drug-likeness (QED) is 0.856. The van der Waals surface area contributed by atoms with Crippen molar-refractivity contribution in [1.29, 1.82) is 0 Å². The number of hydrogen-bond donors (Lipinski definition) is 1. The molecule has 0 bridgehead atoms. The summed E-state index contributed by atoms with van der Waals surface area (Å²) in [6.45, 7) is 7.28. The van der Waals surface area contributed by atoms with Crippen LogP contribution in [0.5, 0.6) is 0 Å². The second kappa shape index (κ2) is 5.81. The maximum Gasteiger partial charge on any atom is 0.413 e. The van der Waals surface area contributed by atoms with Crippen molar-refractivity contribution >= 4 is 29.2 Å². The van der Waals surface area contributed by atoms with E-state index in [1.807, 2.05) is 0 Å². The molecule has 0 unspecified atom stereocenters. The van der Waals surface area contributed by atoms with Crippen LogP contribution in [0, 0.1) is 0 Å². The minimum absolute atomic E-state index is 0.197. The number of esters is 1. The monoisotopic (exact) mass is 272 g/mol. The minimum atomic E-state index is -0.608. The van der Waals surface area contributed by atoms with Crippen LogP contribution >= 0.6 is 11.3 Å². The second-order valence-electron chi connectivity index (χ2n) is 4.39. The van der Waals surface area contributed by atoms with Gasteiger partial charge in [-0.2, -0.15) is 0 Å². The molecule has 1 N–H and O–H groups in total. The highest BCUT2D eigenvalue weighted by atomic mass is 32.1. The Balaban J connectivity index is 2.59. The van der Waals surface area contributed by atoms with E-state index in [0.29, 0.717) is 0 Å². The maximum atomic E-state index is 11.4. The number of anilines is 1. The molecule has 1 aromatic heterocycles. The van der Waals surface area contributed by atoms with Crippen molar-refractivity contribution in [2.75, 3.05) is 11.9 Å². The molecule has 6 nitrogen and oxygen atoms in total. The largest absolute Gasteiger partial charge is 0.461 e. The summed E-state index contributed by atoms with van der Waals surface area (Å²) in [7, 11) is 0. The summed E-state index contributed by atoms with van der Waals surface area (Å²) in [4.78, 5) is 26.7. The number of hydrogen-bond acceptors (Lipinski definition) is 6. The summed E-state index contributed by atoms with van der Waals surface area (Å²) in [5.74, 6) is -0.225. The first-order chi connectivity index (χ1) is 8.31. The van der Waals surface area contributed by atoms with Crippen molar-refractivity contribution in [2.24, 2.45) is 0 Å². The molecule has 0 aliphatic heterocycles. The summed E-state index contributed by atoms with van der Waals surface area (Å²) >= 11 is 1.10. The summed E-state index contributed by atoms with van der Waals surface area (Å²) in [5, 5.41) is 4.20. The Morgan fingerprint density at radius 1 is 1.44 bits per heavy atom. The second-order valence-corrected chi connectivity index (χ2v) is 5.24. The highest BCUT2D eigenvalue weighted by Gasteiger charge is 2.18. The van der Waals surface area contributed by atoms with Crippen LogP contribution in [-0.2, 0) is 9.47 Å². The number of carbonyl (C=O) groups is 2. The molecule has 0 aliphatic carbocycles. The van der Waals surface area contributed by atoms with Gasteiger partial charge in [0.1, 0.15) is 11.4 Å². The zero-order valence-corrected chi connectivity index (χ0v) is 11.6. The van der Waals surface area contributed by atoms with Crippen molar-refractivity contribution in [3.63, 3.8) is 0 Å². The van der Waals surface area contributed by atoms with E-state index in [2.05, 4.69) is 10.3 Å². The molecule has 18 heavy (non-hydrogen) atoms. The highest BCUT2D eigenvalue weighted by molar-refractivity contribution is 7.12. The van der Waals surface area contributed by atoms with Gasteiger partial charge in [-0.25, -0.2) is 14.6 Å². The summed E-state index contributed by atoms with van der Waals surface area (Å²) in [6, 6.07) is 0. The van der Waals surface area contributed by atoms with Gasteiger partial charge in [-0.3, -0.25) is 5.32 Å². The summed E-state index contributed by atoms with van der Waals surface area (Å²) in [6.07, 6.45) is -0.608. The van der Waals surface area contributed by atoms with E-state index >= 15 is 0 Å². The van der Waals surface area contributed by atoms with Crippen LogP contribution in [0.25, 0.3) is 0 Å². The Hall–Kier alpha value is -1.63. The molecule has 1 aromatic rings. The van der Waals surface area contributed by atoms with Gasteiger partial charge in [0.15, 0.2) is 0 Å². The lowest BCUT2D eigenvalue weighted by Crippen LogP contribution is -2.27. The van der Waals surface area contributed by atoms with E-state index in [1.54, 1.807) is 33.1 Å².